The Labute approximate surface area is 253 Å². The van der Waals surface area contributed by atoms with E-state index in [2.05, 4.69) is 4.98 Å². The van der Waals surface area contributed by atoms with Crippen LogP contribution < -0.4 is 4.74 Å². The number of carboxylic acid groups (broad SMARTS) is 1. The van der Waals surface area contributed by atoms with Crippen molar-refractivity contribution in [3.05, 3.63) is 137 Å². The maximum Gasteiger partial charge on any atom is 0.335 e. The number of imidazole rings is 2. The highest BCUT2D eigenvalue weighted by atomic mass is 19.1. The summed E-state index contributed by atoms with van der Waals surface area (Å²) in [6, 6.07) is 22.2. The first kappa shape index (κ1) is 28.8. The van der Waals surface area contributed by atoms with Crippen molar-refractivity contribution in [1.82, 2.24) is 19.1 Å². The first-order chi connectivity index (χ1) is 21.3. The van der Waals surface area contributed by atoms with Gasteiger partial charge in [0, 0.05) is 24.7 Å². The van der Waals surface area contributed by atoms with E-state index in [-0.39, 0.29) is 30.2 Å². The van der Waals surface area contributed by atoms with E-state index in [4.69, 9.17) is 9.72 Å². The van der Waals surface area contributed by atoms with Crippen LogP contribution in [-0.2, 0) is 26.1 Å². The van der Waals surface area contributed by atoms with E-state index in [1.807, 2.05) is 47.2 Å². The van der Waals surface area contributed by atoms with E-state index in [0.29, 0.717) is 45.8 Å². The van der Waals surface area contributed by atoms with Crippen LogP contribution in [-0.4, -0.2) is 30.2 Å². The number of aromatic nitrogens is 4. The van der Waals surface area contributed by atoms with Crippen molar-refractivity contribution in [2.75, 3.05) is 0 Å². The van der Waals surface area contributed by atoms with Crippen molar-refractivity contribution in [3.8, 4) is 16.9 Å². The highest BCUT2D eigenvalue weighted by Gasteiger charge is 2.17. The normalized spacial score (nSPS) is 11.3. The smallest absolute Gasteiger partial charge is 0.335 e. The highest BCUT2D eigenvalue weighted by molar-refractivity contribution is 5.92. The second-order valence-corrected chi connectivity index (χ2v) is 10.7. The van der Waals surface area contributed by atoms with Crippen LogP contribution >= 0.6 is 0 Å². The standard InChI is InChI=1S/C35H30F2N4O3/c1-3-40-21-38-18-28(40)19-41-33-16-26(35(42)43)11-12-32(33)39-34(41)17-25-10-9-24(15-31(25)37)23-5-4-6-29(14-23)44-20-27-8-7-22(2)13-30(27)36/h4-16,18,21H,3,17,19-20H2,1-2H3,(H,42,43). The summed E-state index contributed by atoms with van der Waals surface area (Å²) in [6.45, 7) is 5.06. The first-order valence-corrected chi connectivity index (χ1v) is 14.3. The van der Waals surface area contributed by atoms with Crippen LogP contribution in [0.5, 0.6) is 5.75 Å². The van der Waals surface area contributed by atoms with E-state index in [1.165, 1.54) is 18.2 Å². The number of aromatic carboxylic acids is 1. The molecule has 0 radical (unpaired) electrons. The number of ether oxygens (including phenoxy) is 1. The Hall–Kier alpha value is -5.31. The summed E-state index contributed by atoms with van der Waals surface area (Å²) >= 11 is 0. The third-order valence-electron chi connectivity index (χ3n) is 7.71. The van der Waals surface area contributed by atoms with Gasteiger partial charge in [-0.25, -0.2) is 23.5 Å². The van der Waals surface area contributed by atoms with Gasteiger partial charge in [0.25, 0.3) is 0 Å². The van der Waals surface area contributed by atoms with Crippen molar-refractivity contribution >= 4 is 17.0 Å². The van der Waals surface area contributed by atoms with E-state index < -0.39 is 5.97 Å². The topological polar surface area (TPSA) is 82.2 Å². The highest BCUT2D eigenvalue weighted by Crippen LogP contribution is 2.28. The second-order valence-electron chi connectivity index (χ2n) is 10.7. The average molecular weight is 593 g/mol. The van der Waals surface area contributed by atoms with Gasteiger partial charge in [0.15, 0.2) is 0 Å². The number of aryl methyl sites for hydroxylation is 2. The molecular weight excluding hydrogens is 562 g/mol. The molecule has 0 unspecified atom stereocenters. The molecule has 222 valence electrons. The third kappa shape index (κ3) is 5.94. The predicted octanol–water partition coefficient (Wildman–Crippen LogP) is 7.42. The van der Waals surface area contributed by atoms with Crippen molar-refractivity contribution in [3.63, 3.8) is 0 Å². The summed E-state index contributed by atoms with van der Waals surface area (Å²) in [5.41, 5.74) is 5.55. The molecule has 0 amide bonds. The summed E-state index contributed by atoms with van der Waals surface area (Å²) in [7, 11) is 0. The SMILES string of the molecule is CCn1cncc1Cn1c(Cc2ccc(-c3cccc(OCc4ccc(C)cc4F)c3)cc2F)nc2ccc(C(=O)O)cc21. The molecule has 0 aliphatic heterocycles. The summed E-state index contributed by atoms with van der Waals surface area (Å²) in [5, 5.41) is 9.58. The van der Waals surface area contributed by atoms with Crippen LogP contribution in [0.3, 0.4) is 0 Å². The fraction of sp³-hybridized carbons (Fsp3) is 0.171. The maximum absolute atomic E-state index is 15.6. The van der Waals surface area contributed by atoms with Crippen molar-refractivity contribution in [2.45, 2.75) is 40.0 Å². The van der Waals surface area contributed by atoms with Gasteiger partial charge >= 0.3 is 5.97 Å². The van der Waals surface area contributed by atoms with Crippen LogP contribution in [0, 0.1) is 18.6 Å². The molecule has 0 saturated heterocycles. The summed E-state index contributed by atoms with van der Waals surface area (Å²) < 4.78 is 39.6. The van der Waals surface area contributed by atoms with Gasteiger partial charge in [-0.1, -0.05) is 36.4 Å². The van der Waals surface area contributed by atoms with Crippen LogP contribution in [0.15, 0.2) is 91.4 Å². The lowest BCUT2D eigenvalue weighted by atomic mass is 10.0. The summed E-state index contributed by atoms with van der Waals surface area (Å²) in [5.74, 6) is -0.577. The van der Waals surface area contributed by atoms with Gasteiger partial charge < -0.3 is 19.0 Å². The number of benzene rings is 4. The van der Waals surface area contributed by atoms with Gasteiger partial charge in [-0.05, 0) is 78.6 Å². The zero-order chi connectivity index (χ0) is 30.8. The van der Waals surface area contributed by atoms with Crippen LogP contribution in [0.2, 0.25) is 0 Å². The maximum atomic E-state index is 15.6. The van der Waals surface area contributed by atoms with Crippen molar-refractivity contribution in [1.29, 1.82) is 0 Å². The van der Waals surface area contributed by atoms with Crippen molar-refractivity contribution < 1.29 is 23.4 Å². The molecule has 0 bridgehead atoms. The first-order valence-electron chi connectivity index (χ1n) is 14.3. The van der Waals surface area contributed by atoms with Gasteiger partial charge in [0.1, 0.15) is 29.8 Å². The molecule has 0 aliphatic rings. The van der Waals surface area contributed by atoms with Crippen LogP contribution in [0.25, 0.3) is 22.2 Å². The minimum atomic E-state index is -1.03. The van der Waals surface area contributed by atoms with E-state index in [9.17, 15) is 14.3 Å². The number of fused-ring (bicyclic) bond motifs is 1. The number of carboxylic acids is 1. The lowest BCUT2D eigenvalue weighted by molar-refractivity contribution is 0.0697. The molecule has 6 aromatic rings. The number of nitrogens with zero attached hydrogens (tertiary/aromatic N) is 4. The zero-order valence-electron chi connectivity index (χ0n) is 24.3. The van der Waals surface area contributed by atoms with Crippen LogP contribution in [0.4, 0.5) is 8.78 Å². The van der Waals surface area contributed by atoms with Gasteiger partial charge in [-0.2, -0.15) is 0 Å². The number of rotatable bonds is 10. The average Bonchev–Trinajstić information content (AvgIpc) is 3.61. The third-order valence-corrected chi connectivity index (χ3v) is 7.71. The Morgan fingerprint density at radius 2 is 1.73 bits per heavy atom. The molecule has 0 fully saturated rings. The Morgan fingerprint density at radius 3 is 2.50 bits per heavy atom. The quantitative estimate of drug-likeness (QED) is 0.179. The lowest BCUT2D eigenvalue weighted by Crippen LogP contribution is -2.10. The van der Waals surface area contributed by atoms with Gasteiger partial charge in [0.05, 0.1) is 35.2 Å². The zero-order valence-corrected chi connectivity index (χ0v) is 24.3. The fourth-order valence-corrected chi connectivity index (χ4v) is 5.28. The molecule has 2 aromatic heterocycles. The van der Waals surface area contributed by atoms with Crippen molar-refractivity contribution in [2.24, 2.45) is 0 Å². The molecule has 44 heavy (non-hydrogen) atoms. The fourth-order valence-electron chi connectivity index (χ4n) is 5.28. The molecule has 9 heteroatoms. The molecule has 0 spiro atoms. The van der Waals surface area contributed by atoms with E-state index >= 15 is 4.39 Å². The molecule has 4 aromatic carbocycles. The monoisotopic (exact) mass is 592 g/mol. The minimum absolute atomic E-state index is 0.0802. The molecule has 0 saturated carbocycles. The largest absolute Gasteiger partial charge is 0.489 e. The Morgan fingerprint density at radius 1 is 0.932 bits per heavy atom. The molecule has 0 atom stereocenters. The summed E-state index contributed by atoms with van der Waals surface area (Å²) in [6.07, 6.45) is 3.72. The lowest BCUT2D eigenvalue weighted by Gasteiger charge is -2.13. The minimum Gasteiger partial charge on any atom is -0.489 e. The van der Waals surface area contributed by atoms with Gasteiger partial charge in [-0.3, -0.25) is 0 Å². The molecule has 1 N–H and O–H groups in total. The molecular formula is C35H30F2N4O3. The number of carbonyl (C=O) groups is 1. The molecule has 2 heterocycles. The molecule has 6 rings (SSSR count). The molecule has 0 aliphatic carbocycles. The predicted molar refractivity (Wildman–Crippen MR) is 164 cm³/mol. The van der Waals surface area contributed by atoms with E-state index in [0.717, 1.165) is 23.4 Å². The second kappa shape index (κ2) is 12.1. The number of hydrogen-bond acceptors (Lipinski definition) is 4. The molecule has 7 nitrogen and oxygen atoms in total. The van der Waals surface area contributed by atoms with Gasteiger partial charge in [0.2, 0.25) is 0 Å². The van der Waals surface area contributed by atoms with Gasteiger partial charge in [-0.15, -0.1) is 0 Å². The summed E-state index contributed by atoms with van der Waals surface area (Å²) in [4.78, 5) is 20.7. The Kier molecular flexibility index (Phi) is 7.93. The Balaban J connectivity index is 1.27. The number of halogens is 2. The number of hydrogen-bond donors (Lipinski definition) is 1. The van der Waals surface area contributed by atoms with E-state index in [1.54, 1.807) is 48.9 Å². The Bertz CT molecular complexity index is 2000. The van der Waals surface area contributed by atoms with Crippen LogP contribution in [0.1, 0.15) is 45.5 Å².